The number of hydrogen-bond donors (Lipinski definition) is 1. The van der Waals surface area contributed by atoms with E-state index in [1.165, 1.54) is 0 Å². The van der Waals surface area contributed by atoms with Gasteiger partial charge in [0.05, 0.1) is 0 Å². The highest BCUT2D eigenvalue weighted by Gasteiger charge is 2.21. The van der Waals surface area contributed by atoms with Crippen LogP contribution in [0.15, 0.2) is 35.9 Å². The van der Waals surface area contributed by atoms with Gasteiger partial charge in [-0.25, -0.2) is 0 Å². The minimum absolute atomic E-state index is 0.857. The van der Waals surface area contributed by atoms with Gasteiger partial charge in [0.15, 0.2) is 0 Å². The van der Waals surface area contributed by atoms with Crippen molar-refractivity contribution in [1.82, 2.24) is 0 Å². The molecule has 1 unspecified atom stereocenters. The minimum atomic E-state index is -0.857. The molecule has 0 bridgehead atoms. The Hall–Kier alpha value is -1.08. The summed E-state index contributed by atoms with van der Waals surface area (Å²) in [6.45, 7) is 7.82. The predicted octanol–water partition coefficient (Wildman–Crippen LogP) is 3.17. The minimum Gasteiger partial charge on any atom is -0.381 e. The van der Waals surface area contributed by atoms with Gasteiger partial charge in [-0.2, -0.15) is 0 Å². The number of benzene rings is 1. The highest BCUT2D eigenvalue weighted by molar-refractivity contribution is 5.34. The molecule has 14 heavy (non-hydrogen) atoms. The Morgan fingerprint density at radius 3 is 2.36 bits per heavy atom. The van der Waals surface area contributed by atoms with Crippen LogP contribution in [0.5, 0.6) is 0 Å². The lowest BCUT2D eigenvalue weighted by atomic mass is 9.90. The van der Waals surface area contributed by atoms with E-state index >= 15 is 0 Å². The zero-order chi connectivity index (χ0) is 10.8. The lowest BCUT2D eigenvalue weighted by molar-refractivity contribution is 0.109. The zero-order valence-corrected chi connectivity index (χ0v) is 9.33. The summed E-state index contributed by atoms with van der Waals surface area (Å²) in [6, 6.07) is 7.92. The molecule has 0 aliphatic heterocycles. The molecule has 0 saturated carbocycles. The number of rotatable bonds is 2. The molecule has 76 valence electrons. The molecule has 1 nitrogen and oxygen atoms in total. The van der Waals surface area contributed by atoms with E-state index in [4.69, 9.17) is 0 Å². The van der Waals surface area contributed by atoms with Crippen molar-refractivity contribution < 1.29 is 5.11 Å². The predicted molar refractivity (Wildman–Crippen MR) is 60.2 cm³/mol. The second kappa shape index (κ2) is 3.97. The summed E-state index contributed by atoms with van der Waals surface area (Å²) in [7, 11) is 0. The fourth-order valence-electron chi connectivity index (χ4n) is 1.78. The molecular formula is C13H18O. The maximum Gasteiger partial charge on any atom is 0.105 e. The van der Waals surface area contributed by atoms with Crippen molar-refractivity contribution in [2.75, 3.05) is 0 Å². The molecule has 1 N–H and O–H groups in total. The third-order valence-corrected chi connectivity index (χ3v) is 2.26. The third-order valence-electron chi connectivity index (χ3n) is 2.26. The standard InChI is InChI=1S/C13H18O/c1-10(2)9-13(4,14)12-8-6-5-7-11(12)3/h5-9,14H,1-4H3. The van der Waals surface area contributed by atoms with Crippen LogP contribution in [0.4, 0.5) is 0 Å². The molecule has 1 atom stereocenters. The lowest BCUT2D eigenvalue weighted by Crippen LogP contribution is -2.19. The molecule has 0 fully saturated rings. The topological polar surface area (TPSA) is 20.2 Å². The summed E-state index contributed by atoms with van der Waals surface area (Å²) >= 11 is 0. The van der Waals surface area contributed by atoms with Crippen LogP contribution < -0.4 is 0 Å². The third kappa shape index (κ3) is 2.46. The van der Waals surface area contributed by atoms with Gasteiger partial charge >= 0.3 is 0 Å². The first-order chi connectivity index (χ1) is 6.43. The number of aliphatic hydroxyl groups is 1. The van der Waals surface area contributed by atoms with Crippen LogP contribution in [0.25, 0.3) is 0 Å². The molecule has 0 aromatic heterocycles. The SMILES string of the molecule is CC(C)=CC(C)(O)c1ccccc1C. The summed E-state index contributed by atoms with van der Waals surface area (Å²) < 4.78 is 0. The molecular weight excluding hydrogens is 172 g/mol. The van der Waals surface area contributed by atoms with Crippen LogP contribution in [0.3, 0.4) is 0 Å². The fourth-order valence-corrected chi connectivity index (χ4v) is 1.78. The van der Waals surface area contributed by atoms with Crippen LogP contribution in [-0.4, -0.2) is 5.11 Å². The van der Waals surface area contributed by atoms with Gasteiger partial charge < -0.3 is 5.11 Å². The molecule has 1 rings (SSSR count). The van der Waals surface area contributed by atoms with Crippen molar-refractivity contribution in [3.63, 3.8) is 0 Å². The lowest BCUT2D eigenvalue weighted by Gasteiger charge is -2.22. The first-order valence-electron chi connectivity index (χ1n) is 4.88. The van der Waals surface area contributed by atoms with Gasteiger partial charge in [-0.05, 0) is 38.8 Å². The van der Waals surface area contributed by atoms with Gasteiger partial charge in [0.1, 0.15) is 5.60 Å². The highest BCUT2D eigenvalue weighted by Crippen LogP contribution is 2.26. The van der Waals surface area contributed by atoms with Crippen molar-refractivity contribution in [2.24, 2.45) is 0 Å². The van der Waals surface area contributed by atoms with Crippen LogP contribution in [0, 0.1) is 6.92 Å². The summed E-state index contributed by atoms with van der Waals surface area (Å²) in [6.07, 6.45) is 1.88. The van der Waals surface area contributed by atoms with Gasteiger partial charge in [-0.1, -0.05) is 35.9 Å². The van der Waals surface area contributed by atoms with E-state index in [1.807, 2.05) is 58.0 Å². The number of aryl methyl sites for hydroxylation is 1. The first kappa shape index (κ1) is 11.0. The van der Waals surface area contributed by atoms with E-state index in [0.29, 0.717) is 0 Å². The van der Waals surface area contributed by atoms with E-state index < -0.39 is 5.60 Å². The van der Waals surface area contributed by atoms with E-state index in [2.05, 4.69) is 0 Å². The van der Waals surface area contributed by atoms with Crippen molar-refractivity contribution in [3.05, 3.63) is 47.0 Å². The molecule has 1 aromatic carbocycles. The Morgan fingerprint density at radius 1 is 1.29 bits per heavy atom. The molecule has 1 heteroatoms. The first-order valence-corrected chi connectivity index (χ1v) is 4.88. The molecule has 0 aliphatic rings. The van der Waals surface area contributed by atoms with Crippen molar-refractivity contribution >= 4 is 0 Å². The zero-order valence-electron chi connectivity index (χ0n) is 9.33. The molecule has 0 saturated heterocycles. The van der Waals surface area contributed by atoms with Crippen molar-refractivity contribution in [3.8, 4) is 0 Å². The quantitative estimate of drug-likeness (QED) is 0.710. The van der Waals surface area contributed by atoms with E-state index in [-0.39, 0.29) is 0 Å². The second-order valence-corrected chi connectivity index (χ2v) is 4.18. The molecule has 0 spiro atoms. The summed E-state index contributed by atoms with van der Waals surface area (Å²) in [4.78, 5) is 0. The smallest absolute Gasteiger partial charge is 0.105 e. The fraction of sp³-hybridized carbons (Fsp3) is 0.385. The Morgan fingerprint density at radius 2 is 1.86 bits per heavy atom. The molecule has 0 radical (unpaired) electrons. The normalized spacial score (nSPS) is 14.6. The van der Waals surface area contributed by atoms with Crippen molar-refractivity contribution in [1.29, 1.82) is 0 Å². The van der Waals surface area contributed by atoms with Crippen LogP contribution in [0.1, 0.15) is 31.9 Å². The average Bonchev–Trinajstić information content (AvgIpc) is 2.02. The molecule has 0 heterocycles. The van der Waals surface area contributed by atoms with Crippen LogP contribution in [-0.2, 0) is 5.60 Å². The molecule has 1 aromatic rings. The van der Waals surface area contributed by atoms with Gasteiger partial charge in [0.25, 0.3) is 0 Å². The van der Waals surface area contributed by atoms with Crippen molar-refractivity contribution in [2.45, 2.75) is 33.3 Å². The van der Waals surface area contributed by atoms with Gasteiger partial charge in [0.2, 0.25) is 0 Å². The summed E-state index contributed by atoms with van der Waals surface area (Å²) in [5.41, 5.74) is 2.36. The van der Waals surface area contributed by atoms with Gasteiger partial charge in [-0.3, -0.25) is 0 Å². The number of hydrogen-bond acceptors (Lipinski definition) is 1. The monoisotopic (exact) mass is 190 g/mol. The Balaban J connectivity index is 3.16. The van der Waals surface area contributed by atoms with E-state index in [1.54, 1.807) is 0 Å². The van der Waals surface area contributed by atoms with Gasteiger partial charge in [0, 0.05) is 0 Å². The maximum atomic E-state index is 10.3. The Kier molecular flexibility index (Phi) is 3.12. The number of allylic oxidation sites excluding steroid dienone is 1. The van der Waals surface area contributed by atoms with Crippen LogP contribution >= 0.6 is 0 Å². The maximum absolute atomic E-state index is 10.3. The average molecular weight is 190 g/mol. The van der Waals surface area contributed by atoms with E-state index in [9.17, 15) is 5.11 Å². The molecule has 0 aliphatic carbocycles. The highest BCUT2D eigenvalue weighted by atomic mass is 16.3. The van der Waals surface area contributed by atoms with E-state index in [0.717, 1.165) is 16.7 Å². The van der Waals surface area contributed by atoms with Gasteiger partial charge in [-0.15, -0.1) is 0 Å². The molecule has 0 amide bonds. The second-order valence-electron chi connectivity index (χ2n) is 4.18. The largest absolute Gasteiger partial charge is 0.381 e. The Labute approximate surface area is 86.1 Å². The summed E-state index contributed by atoms with van der Waals surface area (Å²) in [5.74, 6) is 0. The summed E-state index contributed by atoms with van der Waals surface area (Å²) in [5, 5.41) is 10.3. The van der Waals surface area contributed by atoms with Crippen LogP contribution in [0.2, 0.25) is 0 Å². The Bertz CT molecular complexity index is 344.